The van der Waals surface area contributed by atoms with E-state index in [1.165, 1.54) is 75.7 Å². The average Bonchev–Trinajstić information content (AvgIpc) is 2.76. The standard InChI is InChI=1S/C25H35N3/c1-3-9-22(10-4-1)18-27(19-23-11-7-15-26-17-23)20-24-12-8-16-28(21-24)25-13-5-2-6-14-25/h1,3-4,7,9-11,15,17,24-25H,2,5-6,8,12-14,16,18-21H2. The summed E-state index contributed by atoms with van der Waals surface area (Å²) in [6, 6.07) is 16.1. The van der Waals surface area contributed by atoms with Gasteiger partial charge in [0.1, 0.15) is 0 Å². The van der Waals surface area contributed by atoms with Gasteiger partial charge in [0.2, 0.25) is 0 Å². The topological polar surface area (TPSA) is 19.4 Å². The molecule has 0 radical (unpaired) electrons. The normalized spacial score (nSPS) is 21.8. The summed E-state index contributed by atoms with van der Waals surface area (Å²) in [5, 5.41) is 0. The second-order valence-corrected chi connectivity index (χ2v) is 8.81. The second kappa shape index (κ2) is 10.2. The van der Waals surface area contributed by atoms with Crippen molar-refractivity contribution in [1.82, 2.24) is 14.8 Å². The number of piperidine rings is 1. The molecule has 3 nitrogen and oxygen atoms in total. The summed E-state index contributed by atoms with van der Waals surface area (Å²) in [6.07, 6.45) is 13.8. The molecule has 1 saturated carbocycles. The number of hydrogen-bond acceptors (Lipinski definition) is 3. The molecule has 0 spiro atoms. The van der Waals surface area contributed by atoms with Crippen molar-refractivity contribution in [3.05, 3.63) is 66.0 Å². The summed E-state index contributed by atoms with van der Waals surface area (Å²) >= 11 is 0. The first-order valence-corrected chi connectivity index (χ1v) is 11.3. The summed E-state index contributed by atoms with van der Waals surface area (Å²) in [6.45, 7) is 5.82. The van der Waals surface area contributed by atoms with Crippen molar-refractivity contribution in [2.45, 2.75) is 64.1 Å². The van der Waals surface area contributed by atoms with Crippen molar-refractivity contribution in [3.8, 4) is 0 Å². The van der Waals surface area contributed by atoms with Gasteiger partial charge < -0.3 is 4.90 Å². The fourth-order valence-corrected chi connectivity index (χ4v) is 5.17. The Kier molecular flexibility index (Phi) is 7.12. The van der Waals surface area contributed by atoms with Crippen molar-refractivity contribution < 1.29 is 0 Å². The predicted octanol–water partition coefficient (Wildman–Crippen LogP) is 5.13. The van der Waals surface area contributed by atoms with Crippen LogP contribution in [-0.4, -0.2) is 40.5 Å². The first-order chi connectivity index (χ1) is 13.9. The molecule has 3 heteroatoms. The summed E-state index contributed by atoms with van der Waals surface area (Å²) in [7, 11) is 0. The largest absolute Gasteiger partial charge is 0.300 e. The van der Waals surface area contributed by atoms with Gasteiger partial charge in [-0.15, -0.1) is 0 Å². The molecule has 0 N–H and O–H groups in total. The molecule has 28 heavy (non-hydrogen) atoms. The molecule has 2 aromatic rings. The van der Waals surface area contributed by atoms with Crippen LogP contribution in [0.4, 0.5) is 0 Å². The lowest BCUT2D eigenvalue weighted by molar-refractivity contribution is 0.0771. The molecule has 1 atom stereocenters. The Balaban J connectivity index is 1.40. The highest BCUT2D eigenvalue weighted by Crippen LogP contribution is 2.28. The summed E-state index contributed by atoms with van der Waals surface area (Å²) < 4.78 is 0. The van der Waals surface area contributed by atoms with E-state index in [0.717, 1.165) is 25.0 Å². The molecular formula is C25H35N3. The lowest BCUT2D eigenvalue weighted by Gasteiger charge is -2.41. The average molecular weight is 378 g/mol. The molecule has 0 amide bonds. The van der Waals surface area contributed by atoms with E-state index in [-0.39, 0.29) is 0 Å². The number of rotatable bonds is 7. The SMILES string of the molecule is c1ccc(CN(Cc2cccnc2)CC2CCCN(C3CCCCC3)C2)cc1. The van der Waals surface area contributed by atoms with Crippen LogP contribution in [0.25, 0.3) is 0 Å². The van der Waals surface area contributed by atoms with Crippen LogP contribution in [0.5, 0.6) is 0 Å². The lowest BCUT2D eigenvalue weighted by atomic mass is 9.90. The van der Waals surface area contributed by atoms with Gasteiger partial charge in [-0.1, -0.05) is 55.7 Å². The van der Waals surface area contributed by atoms with Gasteiger partial charge in [0.25, 0.3) is 0 Å². The van der Waals surface area contributed by atoms with Crippen LogP contribution in [-0.2, 0) is 13.1 Å². The zero-order valence-corrected chi connectivity index (χ0v) is 17.2. The number of hydrogen-bond donors (Lipinski definition) is 0. The van der Waals surface area contributed by atoms with Gasteiger partial charge >= 0.3 is 0 Å². The number of nitrogens with zero attached hydrogens (tertiary/aromatic N) is 3. The third-order valence-electron chi connectivity index (χ3n) is 6.54. The zero-order valence-electron chi connectivity index (χ0n) is 17.2. The van der Waals surface area contributed by atoms with E-state index in [1.54, 1.807) is 0 Å². The van der Waals surface area contributed by atoms with Gasteiger partial charge in [-0.3, -0.25) is 9.88 Å². The highest BCUT2D eigenvalue weighted by atomic mass is 15.2. The van der Waals surface area contributed by atoms with Crippen molar-refractivity contribution >= 4 is 0 Å². The van der Waals surface area contributed by atoms with Gasteiger partial charge in [0.05, 0.1) is 0 Å². The van der Waals surface area contributed by atoms with E-state index in [4.69, 9.17) is 0 Å². The van der Waals surface area contributed by atoms with Crippen LogP contribution in [0, 0.1) is 5.92 Å². The minimum Gasteiger partial charge on any atom is -0.300 e. The Morgan fingerprint density at radius 2 is 1.64 bits per heavy atom. The Morgan fingerprint density at radius 3 is 2.43 bits per heavy atom. The molecule has 2 aliphatic rings. The molecule has 2 fully saturated rings. The molecule has 1 aromatic heterocycles. The predicted molar refractivity (Wildman–Crippen MR) is 116 cm³/mol. The number of aromatic nitrogens is 1. The molecule has 2 heterocycles. The third-order valence-corrected chi connectivity index (χ3v) is 6.54. The summed E-state index contributed by atoms with van der Waals surface area (Å²) in [4.78, 5) is 9.80. The maximum atomic E-state index is 4.33. The molecule has 1 aliphatic carbocycles. The third kappa shape index (κ3) is 5.65. The minimum absolute atomic E-state index is 0.788. The smallest absolute Gasteiger partial charge is 0.0312 e. The quantitative estimate of drug-likeness (QED) is 0.667. The molecule has 150 valence electrons. The number of likely N-dealkylation sites (tertiary alicyclic amines) is 1. The van der Waals surface area contributed by atoms with Gasteiger partial charge in [-0.2, -0.15) is 0 Å². The van der Waals surface area contributed by atoms with E-state index in [1.807, 2.05) is 12.4 Å². The molecule has 1 saturated heterocycles. The summed E-state index contributed by atoms with van der Waals surface area (Å²) in [5.41, 5.74) is 2.73. The summed E-state index contributed by atoms with van der Waals surface area (Å²) in [5.74, 6) is 0.788. The van der Waals surface area contributed by atoms with E-state index in [0.29, 0.717) is 0 Å². The van der Waals surface area contributed by atoms with Crippen LogP contribution >= 0.6 is 0 Å². The monoisotopic (exact) mass is 377 g/mol. The maximum Gasteiger partial charge on any atom is 0.0312 e. The van der Waals surface area contributed by atoms with Crippen LogP contribution in [0.15, 0.2) is 54.9 Å². The maximum absolute atomic E-state index is 4.33. The highest BCUT2D eigenvalue weighted by molar-refractivity contribution is 5.15. The van der Waals surface area contributed by atoms with E-state index >= 15 is 0 Å². The lowest BCUT2D eigenvalue weighted by Crippen LogP contribution is -2.46. The number of pyridine rings is 1. The van der Waals surface area contributed by atoms with Crippen molar-refractivity contribution in [2.75, 3.05) is 19.6 Å². The number of benzene rings is 1. The molecular weight excluding hydrogens is 342 g/mol. The molecule has 1 aromatic carbocycles. The van der Waals surface area contributed by atoms with Gasteiger partial charge in [0, 0.05) is 44.6 Å². The van der Waals surface area contributed by atoms with Crippen LogP contribution in [0.2, 0.25) is 0 Å². The Bertz CT molecular complexity index is 640. The first-order valence-electron chi connectivity index (χ1n) is 11.3. The van der Waals surface area contributed by atoms with Crippen LogP contribution < -0.4 is 0 Å². The second-order valence-electron chi connectivity index (χ2n) is 8.81. The fourth-order valence-electron chi connectivity index (χ4n) is 5.17. The molecule has 1 aliphatic heterocycles. The fraction of sp³-hybridized carbons (Fsp3) is 0.560. The van der Waals surface area contributed by atoms with Crippen molar-refractivity contribution in [2.24, 2.45) is 5.92 Å². The van der Waals surface area contributed by atoms with Gasteiger partial charge in [-0.25, -0.2) is 0 Å². The zero-order chi connectivity index (χ0) is 19.0. The van der Waals surface area contributed by atoms with Crippen LogP contribution in [0.3, 0.4) is 0 Å². The first kappa shape index (κ1) is 19.6. The Labute approximate surface area is 170 Å². The van der Waals surface area contributed by atoms with E-state index in [9.17, 15) is 0 Å². The molecule has 0 bridgehead atoms. The Hall–Kier alpha value is -1.71. The highest BCUT2D eigenvalue weighted by Gasteiger charge is 2.28. The van der Waals surface area contributed by atoms with Gasteiger partial charge in [-0.05, 0) is 55.3 Å². The van der Waals surface area contributed by atoms with Gasteiger partial charge in [0.15, 0.2) is 0 Å². The van der Waals surface area contributed by atoms with E-state index in [2.05, 4.69) is 57.2 Å². The Morgan fingerprint density at radius 1 is 0.857 bits per heavy atom. The van der Waals surface area contributed by atoms with Crippen molar-refractivity contribution in [1.29, 1.82) is 0 Å². The molecule has 1 unspecified atom stereocenters. The van der Waals surface area contributed by atoms with E-state index < -0.39 is 0 Å². The van der Waals surface area contributed by atoms with Crippen LogP contribution in [0.1, 0.15) is 56.1 Å². The molecule has 4 rings (SSSR count). The van der Waals surface area contributed by atoms with Crippen molar-refractivity contribution in [3.63, 3.8) is 0 Å². The minimum atomic E-state index is 0.788.